The number of rotatable bonds is 4. The molecule has 88 valence electrons. The van der Waals surface area contributed by atoms with Crippen molar-refractivity contribution in [2.24, 2.45) is 0 Å². The molecule has 3 nitrogen and oxygen atoms in total. The van der Waals surface area contributed by atoms with Gasteiger partial charge in [0, 0.05) is 10.9 Å². The zero-order valence-corrected chi connectivity index (χ0v) is 11.4. The highest BCUT2D eigenvalue weighted by Crippen LogP contribution is 2.38. The van der Waals surface area contributed by atoms with Gasteiger partial charge in [0.2, 0.25) is 10.0 Å². The second-order valence-corrected chi connectivity index (χ2v) is 6.50. The first-order chi connectivity index (χ1) is 7.49. The van der Waals surface area contributed by atoms with Crippen molar-refractivity contribution in [3.05, 3.63) is 29.8 Å². The van der Waals surface area contributed by atoms with Gasteiger partial charge in [-0.2, -0.15) is 0 Å². The number of alkyl halides is 1. The number of halogens is 1. The van der Waals surface area contributed by atoms with E-state index in [9.17, 15) is 8.42 Å². The van der Waals surface area contributed by atoms with Crippen molar-refractivity contribution < 1.29 is 8.42 Å². The molecule has 1 saturated carbocycles. The number of benzene rings is 1. The second-order valence-electron chi connectivity index (χ2n) is 4.28. The molecule has 1 aliphatic carbocycles. The Morgan fingerprint density at radius 1 is 1.38 bits per heavy atom. The maximum atomic E-state index is 12.1. The molecule has 1 aromatic carbocycles. The summed E-state index contributed by atoms with van der Waals surface area (Å²) in [6.07, 6.45) is 1.81. The minimum absolute atomic E-state index is 0.249. The molecule has 0 radical (unpaired) electrons. The largest absolute Gasteiger partial charge is 0.241 e. The van der Waals surface area contributed by atoms with Gasteiger partial charge < -0.3 is 0 Å². The Labute approximate surface area is 104 Å². The fraction of sp³-hybridized carbons (Fsp3) is 0.455. The van der Waals surface area contributed by atoms with E-state index in [0.717, 1.165) is 18.4 Å². The molecule has 0 atom stereocenters. The quantitative estimate of drug-likeness (QED) is 0.867. The van der Waals surface area contributed by atoms with E-state index >= 15 is 0 Å². The summed E-state index contributed by atoms with van der Waals surface area (Å²) in [6, 6.07) is 7.03. The molecule has 0 unspecified atom stereocenters. The van der Waals surface area contributed by atoms with Crippen LogP contribution < -0.4 is 4.72 Å². The maximum absolute atomic E-state index is 12.1. The summed E-state index contributed by atoms with van der Waals surface area (Å²) in [5.74, 6) is 0. The third-order valence-electron chi connectivity index (χ3n) is 2.84. The molecule has 0 aromatic heterocycles. The predicted octanol–water partition coefficient (Wildman–Crippen LogP) is 2.20. The molecule has 0 heterocycles. The maximum Gasteiger partial charge on any atom is 0.241 e. The van der Waals surface area contributed by atoms with Crippen LogP contribution in [0.15, 0.2) is 29.2 Å². The lowest BCUT2D eigenvalue weighted by Gasteiger charge is -2.15. The van der Waals surface area contributed by atoms with Crippen LogP contribution in [0.4, 0.5) is 0 Å². The van der Waals surface area contributed by atoms with E-state index in [1.54, 1.807) is 12.1 Å². The summed E-state index contributed by atoms with van der Waals surface area (Å²) in [6.45, 7) is 1.81. The first-order valence-electron chi connectivity index (χ1n) is 5.15. The zero-order chi connectivity index (χ0) is 11.8. The fourth-order valence-electron chi connectivity index (χ4n) is 1.61. The molecule has 16 heavy (non-hydrogen) atoms. The normalized spacial score (nSPS) is 18.4. The van der Waals surface area contributed by atoms with E-state index in [-0.39, 0.29) is 5.54 Å². The SMILES string of the molecule is Cc1ccccc1S(=O)(=O)NC1(CBr)CC1. The fourth-order valence-corrected chi connectivity index (χ4v) is 4.20. The Morgan fingerprint density at radius 3 is 2.50 bits per heavy atom. The minimum Gasteiger partial charge on any atom is -0.207 e. The average Bonchev–Trinajstić information content (AvgIpc) is 2.98. The lowest BCUT2D eigenvalue weighted by atomic mass is 10.2. The van der Waals surface area contributed by atoms with E-state index < -0.39 is 10.0 Å². The molecular formula is C11H14BrNO2S. The van der Waals surface area contributed by atoms with Gasteiger partial charge in [0.1, 0.15) is 0 Å². The molecule has 0 spiro atoms. The van der Waals surface area contributed by atoms with Gasteiger partial charge in [-0.3, -0.25) is 0 Å². The van der Waals surface area contributed by atoms with Crippen LogP contribution in [0.3, 0.4) is 0 Å². The molecule has 1 N–H and O–H groups in total. The van der Waals surface area contributed by atoms with Crippen LogP contribution in [-0.2, 0) is 10.0 Å². The highest BCUT2D eigenvalue weighted by molar-refractivity contribution is 9.09. The highest BCUT2D eigenvalue weighted by atomic mass is 79.9. The van der Waals surface area contributed by atoms with Crippen LogP contribution in [0.2, 0.25) is 0 Å². The van der Waals surface area contributed by atoms with Crippen LogP contribution in [0.25, 0.3) is 0 Å². The summed E-state index contributed by atoms with van der Waals surface area (Å²) in [7, 11) is -3.38. The third-order valence-corrected chi connectivity index (χ3v) is 5.66. The molecule has 0 aliphatic heterocycles. The molecule has 0 saturated heterocycles. The first kappa shape index (κ1) is 12.1. The van der Waals surface area contributed by atoms with Crippen molar-refractivity contribution in [3.8, 4) is 0 Å². The second kappa shape index (κ2) is 4.13. The lowest BCUT2D eigenvalue weighted by Crippen LogP contribution is -2.38. The summed E-state index contributed by atoms with van der Waals surface area (Å²) < 4.78 is 27.0. The Hall–Kier alpha value is -0.390. The molecule has 2 rings (SSSR count). The van der Waals surface area contributed by atoms with Crippen molar-refractivity contribution in [1.82, 2.24) is 4.72 Å². The van der Waals surface area contributed by atoms with Gasteiger partial charge in [-0.1, -0.05) is 34.1 Å². The minimum atomic E-state index is -3.38. The van der Waals surface area contributed by atoms with Crippen molar-refractivity contribution in [2.75, 3.05) is 5.33 Å². The Balaban J connectivity index is 2.30. The molecule has 0 amide bonds. The summed E-state index contributed by atoms with van der Waals surface area (Å²) in [5, 5.41) is 0.672. The van der Waals surface area contributed by atoms with Crippen molar-refractivity contribution >= 4 is 26.0 Å². The Kier molecular flexibility index (Phi) is 3.11. The summed E-state index contributed by atoms with van der Waals surface area (Å²) in [5.41, 5.74) is 0.529. The van der Waals surface area contributed by atoms with Gasteiger partial charge in [0.05, 0.1) is 4.90 Å². The number of aryl methyl sites for hydroxylation is 1. The molecule has 5 heteroatoms. The zero-order valence-electron chi connectivity index (χ0n) is 9.03. The van der Waals surface area contributed by atoms with Crippen LogP contribution >= 0.6 is 15.9 Å². The van der Waals surface area contributed by atoms with Crippen LogP contribution in [0, 0.1) is 6.92 Å². The summed E-state index contributed by atoms with van der Waals surface area (Å²) >= 11 is 3.35. The standard InChI is InChI=1S/C11H14BrNO2S/c1-9-4-2-3-5-10(9)16(14,15)13-11(8-12)6-7-11/h2-5,13H,6-8H2,1H3. The third kappa shape index (κ3) is 2.31. The lowest BCUT2D eigenvalue weighted by molar-refractivity contribution is 0.560. The van der Waals surface area contributed by atoms with Crippen LogP contribution in [0.5, 0.6) is 0 Å². The van der Waals surface area contributed by atoms with E-state index in [1.807, 2.05) is 19.1 Å². The van der Waals surface area contributed by atoms with E-state index in [4.69, 9.17) is 0 Å². The molecular weight excluding hydrogens is 290 g/mol. The monoisotopic (exact) mass is 303 g/mol. The van der Waals surface area contributed by atoms with Crippen molar-refractivity contribution in [1.29, 1.82) is 0 Å². The van der Waals surface area contributed by atoms with Crippen LogP contribution in [-0.4, -0.2) is 19.3 Å². The van der Waals surface area contributed by atoms with Crippen molar-refractivity contribution in [2.45, 2.75) is 30.2 Å². The molecule has 1 aromatic rings. The Bertz CT molecular complexity index is 494. The number of hydrogen-bond acceptors (Lipinski definition) is 2. The van der Waals surface area contributed by atoms with Gasteiger partial charge in [-0.05, 0) is 31.4 Å². The first-order valence-corrected chi connectivity index (χ1v) is 7.75. The van der Waals surface area contributed by atoms with Crippen LogP contribution in [0.1, 0.15) is 18.4 Å². The van der Waals surface area contributed by atoms with Gasteiger partial charge >= 0.3 is 0 Å². The van der Waals surface area contributed by atoms with E-state index in [2.05, 4.69) is 20.7 Å². The van der Waals surface area contributed by atoms with Gasteiger partial charge in [-0.25, -0.2) is 13.1 Å². The molecule has 0 bridgehead atoms. The molecule has 1 aliphatic rings. The van der Waals surface area contributed by atoms with E-state index in [1.165, 1.54) is 0 Å². The Morgan fingerprint density at radius 2 is 2.00 bits per heavy atom. The molecule has 1 fully saturated rings. The summed E-state index contributed by atoms with van der Waals surface area (Å²) in [4.78, 5) is 0.377. The van der Waals surface area contributed by atoms with Gasteiger partial charge in [0.15, 0.2) is 0 Å². The van der Waals surface area contributed by atoms with E-state index in [0.29, 0.717) is 10.2 Å². The number of sulfonamides is 1. The smallest absolute Gasteiger partial charge is 0.207 e. The van der Waals surface area contributed by atoms with Gasteiger partial charge in [0.25, 0.3) is 0 Å². The number of nitrogens with one attached hydrogen (secondary N) is 1. The predicted molar refractivity (Wildman–Crippen MR) is 67.3 cm³/mol. The topological polar surface area (TPSA) is 46.2 Å². The highest BCUT2D eigenvalue weighted by Gasteiger charge is 2.45. The van der Waals surface area contributed by atoms with Crippen molar-refractivity contribution in [3.63, 3.8) is 0 Å². The van der Waals surface area contributed by atoms with Gasteiger partial charge in [-0.15, -0.1) is 0 Å². The average molecular weight is 304 g/mol. The number of hydrogen-bond donors (Lipinski definition) is 1.